The largest absolute Gasteiger partial charge is 0.493 e. The first-order chi connectivity index (χ1) is 16.6. The second-order valence-corrected chi connectivity index (χ2v) is 7.89. The molecule has 0 radical (unpaired) electrons. The summed E-state index contributed by atoms with van der Waals surface area (Å²) in [7, 11) is 1.61. The second kappa shape index (κ2) is 11.3. The Hall–Kier alpha value is -3.51. The van der Waals surface area contributed by atoms with E-state index in [4.69, 9.17) is 34.0 Å². The Morgan fingerprint density at radius 3 is 1.94 bits per heavy atom. The fourth-order valence-corrected chi connectivity index (χ4v) is 3.70. The average Bonchev–Trinajstić information content (AvgIpc) is 3.29. The van der Waals surface area contributed by atoms with Crippen LogP contribution in [0.5, 0.6) is 17.2 Å². The Kier molecular flexibility index (Phi) is 8.41. The van der Waals surface area contributed by atoms with Crippen molar-refractivity contribution in [2.24, 2.45) is 0 Å². The Morgan fingerprint density at radius 1 is 0.914 bits per heavy atom. The van der Waals surface area contributed by atoms with E-state index in [-0.39, 0.29) is 6.79 Å². The van der Waals surface area contributed by atoms with E-state index >= 15 is 0 Å². The number of nitrogens with zero attached hydrogens (tertiary/aromatic N) is 2. The second-order valence-electron chi connectivity index (χ2n) is 7.89. The number of hydrogen-bond acceptors (Lipinski definition) is 7. The van der Waals surface area contributed by atoms with Gasteiger partial charge in [0.1, 0.15) is 0 Å². The molecule has 0 atom stereocenters. The fraction of sp³-hybridized carbons (Fsp3) is 0.391. The summed E-state index contributed by atoms with van der Waals surface area (Å²) in [5.41, 5.74) is 1.39. The van der Waals surface area contributed by atoms with Crippen molar-refractivity contribution in [2.75, 3.05) is 40.1 Å². The Morgan fingerprint density at radius 2 is 1.46 bits per heavy atom. The van der Waals surface area contributed by atoms with Crippen LogP contribution in [0.4, 0.5) is 13.2 Å². The van der Waals surface area contributed by atoms with E-state index in [9.17, 15) is 13.2 Å². The number of carbonyl (C=O) groups is 2. The number of alkyl halides is 3. The van der Waals surface area contributed by atoms with Crippen molar-refractivity contribution in [2.45, 2.75) is 19.3 Å². The molecule has 0 bridgehead atoms. The van der Waals surface area contributed by atoms with Gasteiger partial charge in [-0.3, -0.25) is 9.80 Å². The Bertz CT molecular complexity index is 1020. The van der Waals surface area contributed by atoms with Crippen molar-refractivity contribution in [3.8, 4) is 17.2 Å². The van der Waals surface area contributed by atoms with Crippen LogP contribution in [0.15, 0.2) is 36.4 Å². The molecule has 35 heavy (non-hydrogen) atoms. The number of rotatable bonds is 5. The highest BCUT2D eigenvalue weighted by Gasteiger charge is 2.30. The van der Waals surface area contributed by atoms with Crippen LogP contribution in [0, 0.1) is 0 Å². The molecule has 12 heteroatoms. The number of aliphatic carboxylic acids is 2. The first-order valence-electron chi connectivity index (χ1n) is 10.6. The van der Waals surface area contributed by atoms with Crippen LogP contribution in [0.2, 0.25) is 0 Å². The summed E-state index contributed by atoms with van der Waals surface area (Å²) >= 11 is 0. The first-order valence-corrected chi connectivity index (χ1v) is 10.6. The number of halogens is 3. The summed E-state index contributed by atoms with van der Waals surface area (Å²) in [4.78, 5) is 22.8. The van der Waals surface area contributed by atoms with Crippen molar-refractivity contribution in [1.29, 1.82) is 0 Å². The van der Waals surface area contributed by atoms with E-state index in [1.165, 1.54) is 0 Å². The van der Waals surface area contributed by atoms with Gasteiger partial charge in [0.15, 0.2) is 11.5 Å². The molecular weight excluding hydrogens is 473 g/mol. The van der Waals surface area contributed by atoms with Crippen LogP contribution in [0.1, 0.15) is 16.7 Å². The zero-order valence-electron chi connectivity index (χ0n) is 18.9. The highest BCUT2D eigenvalue weighted by Crippen LogP contribution is 2.42. The van der Waals surface area contributed by atoms with E-state index in [1.807, 2.05) is 12.1 Å². The summed E-state index contributed by atoms with van der Waals surface area (Å²) in [6, 6.07) is 9.39. The lowest BCUT2D eigenvalue weighted by Crippen LogP contribution is -2.45. The Labute approximate surface area is 199 Å². The van der Waals surface area contributed by atoms with E-state index in [0.29, 0.717) is 23.8 Å². The molecule has 0 amide bonds. The molecule has 1 saturated heterocycles. The molecule has 190 valence electrons. The van der Waals surface area contributed by atoms with Crippen LogP contribution in [-0.2, 0) is 28.9 Å². The number of hydrogen-bond donors (Lipinski definition) is 2. The van der Waals surface area contributed by atoms with Crippen LogP contribution in [0.25, 0.3) is 0 Å². The van der Waals surface area contributed by atoms with E-state index in [1.54, 1.807) is 19.2 Å². The van der Waals surface area contributed by atoms with Crippen molar-refractivity contribution in [3.05, 3.63) is 53.1 Å². The third-order valence-corrected chi connectivity index (χ3v) is 5.46. The summed E-state index contributed by atoms with van der Waals surface area (Å²) in [5, 5.41) is 14.8. The maximum absolute atomic E-state index is 12.7. The van der Waals surface area contributed by atoms with Gasteiger partial charge in [-0.25, -0.2) is 9.59 Å². The first kappa shape index (κ1) is 26.1. The number of fused-ring (bicyclic) bond motifs is 1. The lowest BCUT2D eigenvalue weighted by molar-refractivity contribution is -0.159. The van der Waals surface area contributed by atoms with Gasteiger partial charge in [-0.2, -0.15) is 13.2 Å². The minimum atomic E-state index is -4.29. The summed E-state index contributed by atoms with van der Waals surface area (Å²) in [5.74, 6) is -1.61. The topological polar surface area (TPSA) is 109 Å². The summed E-state index contributed by atoms with van der Waals surface area (Å²) < 4.78 is 54.4. The normalized spacial score (nSPS) is 15.8. The minimum Gasteiger partial charge on any atom is -0.493 e. The van der Waals surface area contributed by atoms with Crippen LogP contribution in [0.3, 0.4) is 0 Å². The molecule has 9 nitrogen and oxygen atoms in total. The molecule has 0 saturated carbocycles. The zero-order valence-corrected chi connectivity index (χ0v) is 18.9. The third kappa shape index (κ3) is 7.23. The van der Waals surface area contributed by atoms with Gasteiger partial charge in [-0.1, -0.05) is 12.1 Å². The summed E-state index contributed by atoms with van der Waals surface area (Å²) in [6.07, 6.45) is -4.29. The van der Waals surface area contributed by atoms with Gasteiger partial charge in [0.2, 0.25) is 12.5 Å². The smallest absolute Gasteiger partial charge is 0.416 e. The lowest BCUT2D eigenvalue weighted by Gasteiger charge is -2.34. The van der Waals surface area contributed by atoms with Crippen LogP contribution >= 0.6 is 0 Å². The monoisotopic (exact) mass is 498 g/mol. The van der Waals surface area contributed by atoms with Crippen molar-refractivity contribution < 1.29 is 47.2 Å². The third-order valence-electron chi connectivity index (χ3n) is 5.46. The zero-order chi connectivity index (χ0) is 25.6. The molecule has 2 N–H and O–H groups in total. The van der Waals surface area contributed by atoms with Gasteiger partial charge in [0.05, 0.1) is 12.7 Å². The minimum absolute atomic E-state index is 0.206. The maximum atomic E-state index is 12.7. The molecule has 0 spiro atoms. The number of methoxy groups -OCH3 is 1. The van der Waals surface area contributed by atoms with E-state index in [2.05, 4.69) is 9.80 Å². The SMILES string of the molecule is COc1cc(CN2CCN(Cc3ccc(C(F)(F)F)cc3)CC2)cc2c1OCO2.O=C(O)C(=O)O. The van der Waals surface area contributed by atoms with Crippen molar-refractivity contribution in [1.82, 2.24) is 9.80 Å². The van der Waals surface area contributed by atoms with Gasteiger partial charge in [-0.05, 0) is 35.4 Å². The highest BCUT2D eigenvalue weighted by molar-refractivity contribution is 6.27. The number of ether oxygens (including phenoxy) is 3. The summed E-state index contributed by atoms with van der Waals surface area (Å²) in [6.45, 7) is 5.14. The van der Waals surface area contributed by atoms with Gasteiger partial charge in [0, 0.05) is 39.3 Å². The molecule has 2 aromatic rings. The molecular formula is C23H25F3N2O7. The molecule has 4 rings (SSSR count). The van der Waals surface area contributed by atoms with Crippen molar-refractivity contribution >= 4 is 11.9 Å². The van der Waals surface area contributed by atoms with Gasteiger partial charge >= 0.3 is 18.1 Å². The van der Waals surface area contributed by atoms with Crippen LogP contribution < -0.4 is 14.2 Å². The number of piperazine rings is 1. The molecule has 1 fully saturated rings. The predicted molar refractivity (Wildman–Crippen MR) is 116 cm³/mol. The van der Waals surface area contributed by atoms with Crippen molar-refractivity contribution in [3.63, 3.8) is 0 Å². The molecule has 2 aliphatic heterocycles. The van der Waals surface area contributed by atoms with Crippen LogP contribution in [-0.4, -0.2) is 72.0 Å². The van der Waals surface area contributed by atoms with Gasteiger partial charge in [0.25, 0.3) is 0 Å². The van der Waals surface area contributed by atoms with Gasteiger partial charge < -0.3 is 24.4 Å². The molecule has 0 aromatic heterocycles. The van der Waals surface area contributed by atoms with Gasteiger partial charge in [-0.15, -0.1) is 0 Å². The number of carboxylic acid groups (broad SMARTS) is 2. The number of benzene rings is 2. The average molecular weight is 498 g/mol. The van der Waals surface area contributed by atoms with E-state index < -0.39 is 23.7 Å². The molecule has 0 aliphatic carbocycles. The highest BCUT2D eigenvalue weighted by atomic mass is 19.4. The molecule has 0 unspecified atom stereocenters. The molecule has 2 heterocycles. The standard InChI is InChI=1S/C21H23F3N2O3.C2H2O4/c1-27-18-10-16(11-19-20(18)29-14-28-19)13-26-8-6-25(7-9-26)12-15-2-4-17(5-3-15)21(22,23)24;3-1(4)2(5)6/h2-5,10-11H,6-9,12-14H2,1H3;(H,3,4)(H,5,6). The quantitative estimate of drug-likeness (QED) is 0.602. The maximum Gasteiger partial charge on any atom is 0.416 e. The predicted octanol–water partition coefficient (Wildman–Crippen LogP) is 2.92. The Balaban J connectivity index is 0.000000509. The molecule has 2 aliphatic rings. The molecule has 2 aromatic carbocycles. The van der Waals surface area contributed by atoms with E-state index in [0.717, 1.165) is 56.0 Å². The lowest BCUT2D eigenvalue weighted by atomic mass is 10.1. The fourth-order valence-electron chi connectivity index (χ4n) is 3.70. The number of carboxylic acids is 2.